The molecule has 1 aliphatic rings. The second-order valence-corrected chi connectivity index (χ2v) is 5.43. The van der Waals surface area contributed by atoms with Gasteiger partial charge in [0, 0.05) is 6.04 Å². The lowest BCUT2D eigenvalue weighted by molar-refractivity contribution is -0.384. The van der Waals surface area contributed by atoms with Crippen LogP contribution in [0.2, 0.25) is 5.15 Å². The van der Waals surface area contributed by atoms with Gasteiger partial charge in [-0.15, -0.1) is 0 Å². The Hall–Kier alpha value is -1.43. The first-order valence-corrected chi connectivity index (χ1v) is 6.87. The summed E-state index contributed by atoms with van der Waals surface area (Å²) < 4.78 is 0. The Morgan fingerprint density at radius 1 is 1.37 bits per heavy atom. The summed E-state index contributed by atoms with van der Waals surface area (Å²) >= 11 is 5.76. The van der Waals surface area contributed by atoms with E-state index in [4.69, 9.17) is 11.6 Å². The van der Waals surface area contributed by atoms with Gasteiger partial charge in [-0.1, -0.05) is 31.4 Å². The maximum Gasteiger partial charge on any atom is 0.348 e. The smallest absolute Gasteiger partial charge is 0.348 e. The van der Waals surface area contributed by atoms with Crippen LogP contribution in [0.5, 0.6) is 0 Å². The first-order valence-electron chi connectivity index (χ1n) is 6.49. The van der Waals surface area contributed by atoms with Crippen molar-refractivity contribution in [2.45, 2.75) is 45.1 Å². The van der Waals surface area contributed by atoms with Crippen molar-refractivity contribution in [1.82, 2.24) is 9.97 Å². The van der Waals surface area contributed by atoms with E-state index in [2.05, 4.69) is 22.2 Å². The van der Waals surface area contributed by atoms with Gasteiger partial charge in [0.2, 0.25) is 11.0 Å². The summed E-state index contributed by atoms with van der Waals surface area (Å²) in [6, 6.07) is 0.217. The van der Waals surface area contributed by atoms with Gasteiger partial charge in [0.15, 0.2) is 0 Å². The van der Waals surface area contributed by atoms with Gasteiger partial charge in [0.25, 0.3) is 0 Å². The van der Waals surface area contributed by atoms with Crippen molar-refractivity contribution in [3.63, 3.8) is 0 Å². The maximum absolute atomic E-state index is 11.0. The summed E-state index contributed by atoms with van der Waals surface area (Å²) in [6.45, 7) is 2.24. The molecule has 0 saturated heterocycles. The normalized spacial score (nSPS) is 23.7. The molecular formula is C12H17ClN4O2. The highest BCUT2D eigenvalue weighted by Gasteiger charge is 2.24. The number of halogens is 1. The summed E-state index contributed by atoms with van der Waals surface area (Å²) in [5.74, 6) is 0.945. The molecule has 0 amide bonds. The predicted octanol–water partition coefficient (Wildman–Crippen LogP) is 3.42. The third-order valence-electron chi connectivity index (χ3n) is 3.56. The van der Waals surface area contributed by atoms with E-state index in [1.807, 2.05) is 0 Å². The number of aromatic nitrogens is 2. The lowest BCUT2D eigenvalue weighted by atomic mass is 10.0. The molecule has 1 aromatic heterocycles. The first kappa shape index (κ1) is 14.0. The molecule has 104 valence electrons. The minimum atomic E-state index is -0.538. The van der Waals surface area contributed by atoms with Gasteiger partial charge in [-0.05, 0) is 25.2 Å². The summed E-state index contributed by atoms with van der Waals surface area (Å²) in [5, 5.41) is 14.0. The van der Waals surface area contributed by atoms with Gasteiger partial charge in [0.1, 0.15) is 6.33 Å². The Labute approximate surface area is 116 Å². The standard InChI is InChI=1S/C12H17ClN4O2/c1-8-3-2-4-9(6-5-8)16-12-10(17(18)19)11(13)14-7-15-12/h7-9H,2-6H2,1H3,(H,14,15,16). The van der Waals surface area contributed by atoms with Crippen molar-refractivity contribution in [3.05, 3.63) is 21.6 Å². The molecule has 1 heterocycles. The van der Waals surface area contributed by atoms with Crippen molar-refractivity contribution in [3.8, 4) is 0 Å². The van der Waals surface area contributed by atoms with Crippen LogP contribution >= 0.6 is 11.6 Å². The lowest BCUT2D eigenvalue weighted by Gasteiger charge is -2.16. The molecule has 1 aromatic rings. The molecule has 7 heteroatoms. The summed E-state index contributed by atoms with van der Waals surface area (Å²) in [5.41, 5.74) is -0.235. The minimum absolute atomic E-state index is 0.121. The Bertz CT molecular complexity index is 469. The fraction of sp³-hybridized carbons (Fsp3) is 0.667. The number of nitrogens with zero attached hydrogens (tertiary/aromatic N) is 3. The van der Waals surface area contributed by atoms with Gasteiger partial charge in [-0.2, -0.15) is 0 Å². The number of anilines is 1. The lowest BCUT2D eigenvalue weighted by Crippen LogP contribution is -2.20. The van der Waals surface area contributed by atoms with Crippen LogP contribution in [0.25, 0.3) is 0 Å². The molecular weight excluding hydrogens is 268 g/mol. The quantitative estimate of drug-likeness (QED) is 0.398. The number of nitro groups is 1. The zero-order chi connectivity index (χ0) is 13.8. The third kappa shape index (κ3) is 3.53. The fourth-order valence-electron chi connectivity index (χ4n) is 2.45. The number of rotatable bonds is 3. The van der Waals surface area contributed by atoms with E-state index >= 15 is 0 Å². The number of hydrogen-bond donors (Lipinski definition) is 1. The van der Waals surface area contributed by atoms with Gasteiger partial charge in [-0.3, -0.25) is 10.1 Å². The van der Waals surface area contributed by atoms with E-state index in [-0.39, 0.29) is 22.7 Å². The van der Waals surface area contributed by atoms with E-state index in [0.29, 0.717) is 0 Å². The van der Waals surface area contributed by atoms with Crippen molar-refractivity contribution in [1.29, 1.82) is 0 Å². The molecule has 0 spiro atoms. The second-order valence-electron chi connectivity index (χ2n) is 5.07. The highest BCUT2D eigenvalue weighted by atomic mass is 35.5. The minimum Gasteiger partial charge on any atom is -0.361 e. The topological polar surface area (TPSA) is 81.0 Å². The van der Waals surface area contributed by atoms with Crippen LogP contribution in [-0.2, 0) is 0 Å². The zero-order valence-corrected chi connectivity index (χ0v) is 11.6. The fourth-order valence-corrected chi connectivity index (χ4v) is 2.65. The van der Waals surface area contributed by atoms with E-state index in [0.717, 1.165) is 31.6 Å². The zero-order valence-electron chi connectivity index (χ0n) is 10.8. The Balaban J connectivity index is 2.14. The van der Waals surface area contributed by atoms with Crippen molar-refractivity contribution in [2.24, 2.45) is 5.92 Å². The molecule has 1 N–H and O–H groups in total. The van der Waals surface area contributed by atoms with E-state index < -0.39 is 4.92 Å². The van der Waals surface area contributed by atoms with Gasteiger partial charge in [-0.25, -0.2) is 9.97 Å². The van der Waals surface area contributed by atoms with E-state index in [1.54, 1.807) is 0 Å². The number of nitrogens with one attached hydrogen (secondary N) is 1. The molecule has 1 fully saturated rings. The molecule has 0 bridgehead atoms. The van der Waals surface area contributed by atoms with E-state index in [9.17, 15) is 10.1 Å². The van der Waals surface area contributed by atoms with Crippen LogP contribution in [0.4, 0.5) is 11.5 Å². The Kier molecular flexibility index (Phi) is 4.52. The SMILES string of the molecule is CC1CCCC(Nc2ncnc(Cl)c2[N+](=O)[O-])CC1. The van der Waals surface area contributed by atoms with Crippen molar-refractivity contribution < 1.29 is 4.92 Å². The summed E-state index contributed by atoms with van der Waals surface area (Å²) in [4.78, 5) is 18.1. The number of hydrogen-bond acceptors (Lipinski definition) is 5. The average molecular weight is 285 g/mol. The summed E-state index contributed by atoms with van der Waals surface area (Å²) in [6.07, 6.45) is 6.72. The molecule has 1 saturated carbocycles. The third-order valence-corrected chi connectivity index (χ3v) is 3.84. The van der Waals surface area contributed by atoms with Crippen LogP contribution < -0.4 is 5.32 Å². The summed E-state index contributed by atoms with van der Waals surface area (Å²) in [7, 11) is 0. The van der Waals surface area contributed by atoms with Gasteiger partial charge < -0.3 is 5.32 Å². The molecule has 0 aliphatic heterocycles. The average Bonchev–Trinajstić information content (AvgIpc) is 2.54. The Morgan fingerprint density at radius 3 is 2.89 bits per heavy atom. The molecule has 2 rings (SSSR count). The highest BCUT2D eigenvalue weighted by molar-refractivity contribution is 6.31. The van der Waals surface area contributed by atoms with Crippen LogP contribution in [0.3, 0.4) is 0 Å². The Morgan fingerprint density at radius 2 is 2.16 bits per heavy atom. The van der Waals surface area contributed by atoms with Crippen molar-refractivity contribution >= 4 is 23.1 Å². The van der Waals surface area contributed by atoms with Crippen LogP contribution in [-0.4, -0.2) is 20.9 Å². The molecule has 1 aliphatic carbocycles. The van der Waals surface area contributed by atoms with Crippen LogP contribution in [0.15, 0.2) is 6.33 Å². The molecule has 19 heavy (non-hydrogen) atoms. The molecule has 6 nitrogen and oxygen atoms in total. The molecule has 2 atom stereocenters. The van der Waals surface area contributed by atoms with Crippen LogP contribution in [0.1, 0.15) is 39.0 Å². The largest absolute Gasteiger partial charge is 0.361 e. The van der Waals surface area contributed by atoms with E-state index in [1.165, 1.54) is 12.7 Å². The molecule has 2 unspecified atom stereocenters. The highest BCUT2D eigenvalue weighted by Crippen LogP contribution is 2.31. The van der Waals surface area contributed by atoms with Gasteiger partial charge in [0.05, 0.1) is 4.92 Å². The first-order chi connectivity index (χ1) is 9.08. The molecule has 0 aromatic carbocycles. The van der Waals surface area contributed by atoms with Gasteiger partial charge >= 0.3 is 5.69 Å². The maximum atomic E-state index is 11.0. The predicted molar refractivity (Wildman–Crippen MR) is 73.4 cm³/mol. The molecule has 0 radical (unpaired) electrons. The van der Waals surface area contributed by atoms with Crippen molar-refractivity contribution in [2.75, 3.05) is 5.32 Å². The monoisotopic (exact) mass is 284 g/mol. The second kappa shape index (κ2) is 6.14. The van der Waals surface area contributed by atoms with Crippen LogP contribution in [0, 0.1) is 16.0 Å².